The number of rotatable bonds is 4. The van der Waals surface area contributed by atoms with Crippen LogP contribution >= 0.6 is 11.6 Å². The average Bonchev–Trinajstić information content (AvgIpc) is 2.80. The molecule has 0 atom stereocenters. The summed E-state index contributed by atoms with van der Waals surface area (Å²) in [5, 5.41) is 0.479. The first-order chi connectivity index (χ1) is 11.8. The molecule has 25 heavy (non-hydrogen) atoms. The van der Waals surface area contributed by atoms with Crippen LogP contribution in [0.2, 0.25) is 5.02 Å². The molecule has 0 saturated heterocycles. The van der Waals surface area contributed by atoms with Crippen molar-refractivity contribution in [2.45, 2.75) is 30.2 Å². The van der Waals surface area contributed by atoms with Gasteiger partial charge in [-0.1, -0.05) is 17.7 Å². The van der Waals surface area contributed by atoms with Crippen LogP contribution in [0.1, 0.15) is 17.0 Å². The monoisotopic (exact) mass is 375 g/mol. The summed E-state index contributed by atoms with van der Waals surface area (Å²) in [6.45, 7) is 4.04. The second-order valence-corrected chi connectivity index (χ2v) is 8.11. The normalized spacial score (nSPS) is 11.6. The van der Waals surface area contributed by atoms with Gasteiger partial charge in [-0.25, -0.2) is 8.42 Å². The van der Waals surface area contributed by atoms with E-state index in [9.17, 15) is 8.42 Å². The second kappa shape index (κ2) is 6.54. The Labute approximate surface area is 152 Å². The minimum atomic E-state index is -3.74. The van der Waals surface area contributed by atoms with Gasteiger partial charge in [-0.05, 0) is 55.8 Å². The second-order valence-electron chi connectivity index (χ2n) is 5.79. The quantitative estimate of drug-likeness (QED) is 0.755. The number of nitrogens with zero attached hydrogens (tertiary/aromatic N) is 2. The van der Waals surface area contributed by atoms with Crippen LogP contribution in [0, 0.1) is 13.8 Å². The number of aromatic nitrogens is 2. The fraction of sp³-hybridized carbons (Fsp3) is 0.167. The Hall–Kier alpha value is -2.31. The van der Waals surface area contributed by atoms with Crippen molar-refractivity contribution >= 4 is 27.3 Å². The van der Waals surface area contributed by atoms with Crippen molar-refractivity contribution in [2.24, 2.45) is 0 Å². The lowest BCUT2D eigenvalue weighted by molar-refractivity contribution is 0.596. The van der Waals surface area contributed by atoms with E-state index >= 15 is 0 Å². The summed E-state index contributed by atoms with van der Waals surface area (Å²) < 4.78 is 27.9. The first kappa shape index (κ1) is 17.5. The molecule has 3 rings (SSSR count). The third kappa shape index (κ3) is 3.15. The highest BCUT2D eigenvalue weighted by Gasteiger charge is 2.28. The Kier molecular flexibility index (Phi) is 4.58. The number of hydrogen-bond donors (Lipinski definition) is 1. The van der Waals surface area contributed by atoms with Gasteiger partial charge in [-0.2, -0.15) is 0 Å². The van der Waals surface area contributed by atoms with E-state index < -0.39 is 9.84 Å². The molecule has 0 spiro atoms. The molecule has 130 valence electrons. The van der Waals surface area contributed by atoms with E-state index in [-0.39, 0.29) is 15.6 Å². The molecule has 2 N–H and O–H groups in total. The molecule has 0 radical (unpaired) electrons. The van der Waals surface area contributed by atoms with E-state index in [0.717, 1.165) is 11.4 Å². The SMILES string of the molecule is Cc1c(S(=O)(=O)c2ccc(Cl)cc2)c(N)n(Cc2ccccn2)c1C. The average molecular weight is 376 g/mol. The van der Waals surface area contributed by atoms with Gasteiger partial charge >= 0.3 is 0 Å². The lowest BCUT2D eigenvalue weighted by Gasteiger charge is -2.09. The van der Waals surface area contributed by atoms with E-state index in [4.69, 9.17) is 17.3 Å². The van der Waals surface area contributed by atoms with Crippen LogP contribution in [0.15, 0.2) is 58.5 Å². The number of benzene rings is 1. The third-order valence-electron chi connectivity index (χ3n) is 4.25. The van der Waals surface area contributed by atoms with Crippen molar-refractivity contribution in [2.75, 3.05) is 5.73 Å². The molecule has 3 aromatic rings. The maximum Gasteiger partial charge on any atom is 0.210 e. The number of halogens is 1. The van der Waals surface area contributed by atoms with E-state index in [1.54, 1.807) is 29.8 Å². The lowest BCUT2D eigenvalue weighted by Crippen LogP contribution is -2.10. The Morgan fingerprint density at radius 2 is 1.80 bits per heavy atom. The number of anilines is 1. The van der Waals surface area contributed by atoms with E-state index in [2.05, 4.69) is 4.98 Å². The molecular formula is C18H18ClN3O2S. The summed E-state index contributed by atoms with van der Waals surface area (Å²) >= 11 is 5.86. The number of sulfone groups is 1. The van der Waals surface area contributed by atoms with Gasteiger partial charge in [-0.15, -0.1) is 0 Å². The standard InChI is InChI=1S/C18H18ClN3O2S/c1-12-13(2)22(11-15-5-3-4-10-21-15)18(20)17(12)25(23,24)16-8-6-14(19)7-9-16/h3-10H,11,20H2,1-2H3. The highest BCUT2D eigenvalue weighted by atomic mass is 35.5. The Balaban J connectivity index is 2.11. The predicted octanol–water partition coefficient (Wildman–Crippen LogP) is 3.62. The molecule has 0 unspecified atom stereocenters. The summed E-state index contributed by atoms with van der Waals surface area (Å²) in [5.41, 5.74) is 8.49. The molecule has 0 saturated carbocycles. The van der Waals surface area contributed by atoms with Gasteiger partial charge < -0.3 is 10.3 Å². The molecule has 0 fully saturated rings. The minimum absolute atomic E-state index is 0.142. The maximum absolute atomic E-state index is 13.1. The van der Waals surface area contributed by atoms with Gasteiger partial charge in [0.15, 0.2) is 0 Å². The number of nitrogens with two attached hydrogens (primary N) is 1. The zero-order valence-corrected chi connectivity index (χ0v) is 15.5. The van der Waals surface area contributed by atoms with Gasteiger partial charge in [-0.3, -0.25) is 4.98 Å². The van der Waals surface area contributed by atoms with Crippen molar-refractivity contribution in [3.8, 4) is 0 Å². The van der Waals surface area contributed by atoms with Crippen molar-refractivity contribution < 1.29 is 8.42 Å². The largest absolute Gasteiger partial charge is 0.384 e. The zero-order valence-electron chi connectivity index (χ0n) is 13.9. The molecule has 0 aliphatic carbocycles. The minimum Gasteiger partial charge on any atom is -0.384 e. The summed E-state index contributed by atoms with van der Waals surface area (Å²) in [6, 6.07) is 11.7. The van der Waals surface area contributed by atoms with Gasteiger partial charge in [0.2, 0.25) is 9.84 Å². The fourth-order valence-corrected chi connectivity index (χ4v) is 4.58. The van der Waals surface area contributed by atoms with E-state index in [1.165, 1.54) is 12.1 Å². The summed E-state index contributed by atoms with van der Waals surface area (Å²) in [7, 11) is -3.74. The number of nitrogen functional groups attached to an aromatic ring is 1. The topological polar surface area (TPSA) is 78.0 Å². The van der Waals surface area contributed by atoms with Crippen LogP contribution < -0.4 is 5.73 Å². The van der Waals surface area contributed by atoms with Crippen LogP contribution in [-0.4, -0.2) is 18.0 Å². The van der Waals surface area contributed by atoms with Crippen molar-refractivity contribution in [1.29, 1.82) is 0 Å². The first-order valence-electron chi connectivity index (χ1n) is 7.68. The summed E-state index contributed by atoms with van der Waals surface area (Å²) in [4.78, 5) is 4.59. The molecular weight excluding hydrogens is 358 g/mol. The summed E-state index contributed by atoms with van der Waals surface area (Å²) in [6.07, 6.45) is 1.70. The van der Waals surface area contributed by atoms with Crippen LogP contribution in [0.3, 0.4) is 0 Å². The zero-order chi connectivity index (χ0) is 18.2. The molecule has 0 bridgehead atoms. The highest BCUT2D eigenvalue weighted by molar-refractivity contribution is 7.91. The molecule has 2 heterocycles. The number of pyridine rings is 1. The van der Waals surface area contributed by atoms with Crippen molar-refractivity contribution in [3.05, 3.63) is 70.6 Å². The molecule has 7 heteroatoms. The van der Waals surface area contributed by atoms with Gasteiger partial charge in [0.1, 0.15) is 10.7 Å². The highest BCUT2D eigenvalue weighted by Crippen LogP contribution is 2.34. The van der Waals surface area contributed by atoms with Crippen LogP contribution in [-0.2, 0) is 16.4 Å². The van der Waals surface area contributed by atoms with Crippen LogP contribution in [0.25, 0.3) is 0 Å². The molecule has 5 nitrogen and oxygen atoms in total. The van der Waals surface area contributed by atoms with Crippen LogP contribution in [0.5, 0.6) is 0 Å². The van der Waals surface area contributed by atoms with Gasteiger partial charge in [0.05, 0.1) is 17.1 Å². The molecule has 0 amide bonds. The Morgan fingerprint density at radius 3 is 2.40 bits per heavy atom. The molecule has 1 aromatic carbocycles. The van der Waals surface area contributed by atoms with Gasteiger partial charge in [0, 0.05) is 16.9 Å². The van der Waals surface area contributed by atoms with Crippen molar-refractivity contribution in [3.63, 3.8) is 0 Å². The first-order valence-corrected chi connectivity index (χ1v) is 9.54. The predicted molar refractivity (Wildman–Crippen MR) is 98.6 cm³/mol. The molecule has 0 aliphatic rings. The molecule has 0 aliphatic heterocycles. The van der Waals surface area contributed by atoms with E-state index in [1.807, 2.05) is 25.1 Å². The number of hydrogen-bond acceptors (Lipinski definition) is 4. The summed E-state index contributed by atoms with van der Waals surface area (Å²) in [5.74, 6) is 0.218. The smallest absolute Gasteiger partial charge is 0.210 e. The van der Waals surface area contributed by atoms with Crippen LogP contribution in [0.4, 0.5) is 5.82 Å². The lowest BCUT2D eigenvalue weighted by atomic mass is 10.3. The Morgan fingerprint density at radius 1 is 1.12 bits per heavy atom. The molecule has 2 aromatic heterocycles. The van der Waals surface area contributed by atoms with Gasteiger partial charge in [0.25, 0.3) is 0 Å². The van der Waals surface area contributed by atoms with E-state index in [0.29, 0.717) is 17.1 Å². The Bertz CT molecular complexity index is 1010. The van der Waals surface area contributed by atoms with Crippen molar-refractivity contribution in [1.82, 2.24) is 9.55 Å². The maximum atomic E-state index is 13.1. The fourth-order valence-electron chi connectivity index (χ4n) is 2.79. The third-order valence-corrected chi connectivity index (χ3v) is 6.45.